The molecule has 0 spiro atoms. The molecule has 110 valence electrons. The minimum Gasteiger partial charge on any atom is -0.378 e. The van der Waals surface area contributed by atoms with E-state index in [9.17, 15) is 9.90 Å². The van der Waals surface area contributed by atoms with Gasteiger partial charge in [0.05, 0.1) is 16.6 Å². The van der Waals surface area contributed by atoms with Crippen molar-refractivity contribution in [3.8, 4) is 0 Å². The number of fused-ring (bicyclic) bond motifs is 1. The van der Waals surface area contributed by atoms with Gasteiger partial charge < -0.3 is 15.3 Å². The van der Waals surface area contributed by atoms with Crippen molar-refractivity contribution in [2.75, 3.05) is 17.3 Å². The number of aliphatic hydroxyl groups excluding tert-OH is 1. The summed E-state index contributed by atoms with van der Waals surface area (Å²) in [5.41, 5.74) is 2.19. The molecular formula is C14H12BrClN2O2S. The molecule has 2 N–H and O–H groups in total. The molecule has 0 radical (unpaired) electrons. The van der Waals surface area contributed by atoms with Gasteiger partial charge in [-0.2, -0.15) is 0 Å². The van der Waals surface area contributed by atoms with Crippen molar-refractivity contribution >= 4 is 56.1 Å². The largest absolute Gasteiger partial charge is 0.378 e. The first-order valence-electron chi connectivity index (χ1n) is 6.23. The van der Waals surface area contributed by atoms with Gasteiger partial charge in [-0.25, -0.2) is 0 Å². The van der Waals surface area contributed by atoms with Crippen molar-refractivity contribution in [3.63, 3.8) is 0 Å². The lowest BCUT2D eigenvalue weighted by Crippen LogP contribution is -2.16. The minimum absolute atomic E-state index is 0.387. The molecule has 1 atom stereocenters. The molecule has 0 saturated carbocycles. The van der Waals surface area contributed by atoms with Gasteiger partial charge in [-0.1, -0.05) is 11.6 Å². The third-order valence-corrected chi connectivity index (χ3v) is 5.20. The summed E-state index contributed by atoms with van der Waals surface area (Å²) in [5.74, 6) is -0.387. The number of carbonyl (C=O) groups excluding carboxylic acids is 1. The van der Waals surface area contributed by atoms with E-state index in [1.807, 2.05) is 25.2 Å². The van der Waals surface area contributed by atoms with Crippen LogP contribution in [0.2, 0.25) is 4.34 Å². The van der Waals surface area contributed by atoms with E-state index in [1.165, 1.54) is 0 Å². The molecule has 2 heterocycles. The van der Waals surface area contributed by atoms with E-state index in [4.69, 9.17) is 11.6 Å². The highest BCUT2D eigenvalue weighted by Crippen LogP contribution is 2.39. The molecule has 1 aliphatic heterocycles. The maximum absolute atomic E-state index is 11.5. The Morgan fingerprint density at radius 3 is 2.90 bits per heavy atom. The summed E-state index contributed by atoms with van der Waals surface area (Å²) in [5, 5.41) is 12.5. The Balaban J connectivity index is 1.89. The monoisotopic (exact) mass is 386 g/mol. The Morgan fingerprint density at radius 1 is 1.48 bits per heavy atom. The first-order valence-corrected chi connectivity index (χ1v) is 8.22. The molecule has 1 aromatic heterocycles. The third-order valence-electron chi connectivity index (χ3n) is 3.35. The van der Waals surface area contributed by atoms with Crippen molar-refractivity contribution in [1.29, 1.82) is 0 Å². The Kier molecular flexibility index (Phi) is 3.96. The van der Waals surface area contributed by atoms with Crippen LogP contribution in [0, 0.1) is 0 Å². The van der Waals surface area contributed by atoms with Crippen molar-refractivity contribution in [2.45, 2.75) is 12.6 Å². The normalized spacial score (nSPS) is 16.8. The second kappa shape index (κ2) is 5.61. The van der Waals surface area contributed by atoms with E-state index in [2.05, 4.69) is 26.1 Å². The summed E-state index contributed by atoms with van der Waals surface area (Å²) in [4.78, 5) is 14.7. The van der Waals surface area contributed by atoms with Crippen LogP contribution in [-0.2, 0) is 11.3 Å². The molecular weight excluding hydrogens is 376 g/mol. The van der Waals surface area contributed by atoms with Gasteiger partial charge in [0.1, 0.15) is 0 Å². The average Bonchev–Trinajstić information content (AvgIpc) is 2.95. The van der Waals surface area contributed by atoms with Crippen LogP contribution < -0.4 is 10.2 Å². The predicted molar refractivity (Wildman–Crippen MR) is 89.2 cm³/mol. The van der Waals surface area contributed by atoms with Gasteiger partial charge in [0, 0.05) is 27.6 Å². The number of hydrogen-bond acceptors (Lipinski definition) is 4. The number of hydrogen-bond donors (Lipinski definition) is 2. The molecule has 4 nitrogen and oxygen atoms in total. The van der Waals surface area contributed by atoms with Gasteiger partial charge in [-0.3, -0.25) is 4.79 Å². The zero-order valence-electron chi connectivity index (χ0n) is 11.1. The number of aliphatic hydroxyl groups is 1. The zero-order chi connectivity index (χ0) is 15.1. The first kappa shape index (κ1) is 14.8. The molecule has 7 heteroatoms. The first-order chi connectivity index (χ1) is 9.95. The van der Waals surface area contributed by atoms with Crippen LogP contribution in [0.5, 0.6) is 0 Å². The standard InChI is InChI=1S/C14H12BrClN2O2S/c1-18(6-7-2-3-12(16)21-7)11-5-10-8(4-9(11)15)13(19)14(20)17-10/h2-5,13,19H,6H2,1H3,(H,17,20). The van der Waals surface area contributed by atoms with Crippen molar-refractivity contribution < 1.29 is 9.90 Å². The van der Waals surface area contributed by atoms with Crippen molar-refractivity contribution in [2.24, 2.45) is 0 Å². The van der Waals surface area contributed by atoms with Crippen LogP contribution in [0.15, 0.2) is 28.7 Å². The lowest BCUT2D eigenvalue weighted by atomic mass is 10.1. The predicted octanol–water partition coefficient (Wildman–Crippen LogP) is 3.79. The highest BCUT2D eigenvalue weighted by molar-refractivity contribution is 9.10. The number of nitrogens with one attached hydrogen (secondary N) is 1. The summed E-state index contributed by atoms with van der Waals surface area (Å²) >= 11 is 11.0. The minimum atomic E-state index is -1.09. The second-order valence-corrected chi connectivity index (χ2v) is 7.50. The lowest BCUT2D eigenvalue weighted by Gasteiger charge is -2.21. The molecule has 0 bridgehead atoms. The van der Waals surface area contributed by atoms with Gasteiger partial charge in [-0.05, 0) is 40.2 Å². The summed E-state index contributed by atoms with van der Waals surface area (Å²) in [6, 6.07) is 7.52. The molecule has 1 amide bonds. The highest BCUT2D eigenvalue weighted by atomic mass is 79.9. The fourth-order valence-electron chi connectivity index (χ4n) is 2.30. The van der Waals surface area contributed by atoms with Gasteiger partial charge in [0.15, 0.2) is 6.10 Å². The number of rotatable bonds is 3. The van der Waals surface area contributed by atoms with Gasteiger partial charge >= 0.3 is 0 Å². The zero-order valence-corrected chi connectivity index (χ0v) is 14.2. The molecule has 0 fully saturated rings. The van der Waals surface area contributed by atoms with E-state index in [0.29, 0.717) is 17.8 Å². The summed E-state index contributed by atoms with van der Waals surface area (Å²) in [6.45, 7) is 0.714. The second-order valence-electron chi connectivity index (χ2n) is 4.84. The molecule has 2 aromatic rings. The maximum atomic E-state index is 11.5. The number of benzene rings is 1. The van der Waals surface area contributed by atoms with Crippen molar-refractivity contribution in [3.05, 3.63) is 43.5 Å². The van der Waals surface area contributed by atoms with Crippen LogP contribution in [0.1, 0.15) is 16.5 Å². The van der Waals surface area contributed by atoms with Gasteiger partial charge in [0.25, 0.3) is 5.91 Å². The smallest absolute Gasteiger partial charge is 0.257 e. The Hall–Kier alpha value is -1.08. The molecule has 0 aliphatic carbocycles. The molecule has 21 heavy (non-hydrogen) atoms. The number of halogens is 2. The quantitative estimate of drug-likeness (QED) is 0.842. The van der Waals surface area contributed by atoms with E-state index in [1.54, 1.807) is 17.4 Å². The van der Waals surface area contributed by atoms with E-state index in [-0.39, 0.29) is 5.91 Å². The fourth-order valence-corrected chi connectivity index (χ4v) is 4.11. The van der Waals surface area contributed by atoms with Gasteiger partial charge in [0.2, 0.25) is 0 Å². The topological polar surface area (TPSA) is 52.6 Å². The lowest BCUT2D eigenvalue weighted by molar-refractivity contribution is -0.123. The third kappa shape index (κ3) is 2.81. The van der Waals surface area contributed by atoms with Crippen LogP contribution in [0.25, 0.3) is 0 Å². The number of carbonyl (C=O) groups is 1. The maximum Gasteiger partial charge on any atom is 0.257 e. The van der Waals surface area contributed by atoms with E-state index in [0.717, 1.165) is 19.4 Å². The molecule has 3 rings (SSSR count). The van der Waals surface area contributed by atoms with Crippen LogP contribution >= 0.6 is 38.9 Å². The van der Waals surface area contributed by atoms with Crippen LogP contribution in [0.3, 0.4) is 0 Å². The van der Waals surface area contributed by atoms with E-state index < -0.39 is 6.10 Å². The van der Waals surface area contributed by atoms with Gasteiger partial charge in [-0.15, -0.1) is 11.3 Å². The molecule has 1 aromatic carbocycles. The SMILES string of the molecule is CN(Cc1ccc(Cl)s1)c1cc2c(cc1Br)C(O)C(=O)N2. The number of amides is 1. The Labute approximate surface area is 139 Å². The molecule has 0 saturated heterocycles. The summed E-state index contributed by atoms with van der Waals surface area (Å²) in [7, 11) is 1.97. The number of anilines is 2. The summed E-state index contributed by atoms with van der Waals surface area (Å²) in [6.07, 6.45) is -1.09. The average molecular weight is 388 g/mol. The Morgan fingerprint density at radius 2 is 2.24 bits per heavy atom. The van der Waals surface area contributed by atoms with Crippen LogP contribution in [0.4, 0.5) is 11.4 Å². The summed E-state index contributed by atoms with van der Waals surface area (Å²) < 4.78 is 1.60. The highest BCUT2D eigenvalue weighted by Gasteiger charge is 2.29. The molecule has 1 unspecified atom stereocenters. The van der Waals surface area contributed by atoms with Crippen molar-refractivity contribution in [1.82, 2.24) is 0 Å². The van der Waals surface area contributed by atoms with E-state index >= 15 is 0 Å². The number of nitrogens with zero attached hydrogens (tertiary/aromatic N) is 1. The molecule has 1 aliphatic rings. The number of thiophene rings is 1. The Bertz CT molecular complexity index is 719. The van der Waals surface area contributed by atoms with Crippen LogP contribution in [-0.4, -0.2) is 18.1 Å². The fraction of sp³-hybridized carbons (Fsp3) is 0.214.